The van der Waals surface area contributed by atoms with E-state index in [2.05, 4.69) is 81.4 Å². The van der Waals surface area contributed by atoms with Crippen LogP contribution in [0.2, 0.25) is 0 Å². The molecule has 0 saturated carbocycles. The fraction of sp³-hybridized carbons (Fsp3) is 0.400. The lowest BCUT2D eigenvalue weighted by atomic mass is 9.77. The van der Waals surface area contributed by atoms with Crippen molar-refractivity contribution in [1.29, 1.82) is 0 Å². The third kappa shape index (κ3) is 4.85. The molecule has 0 bridgehead atoms. The van der Waals surface area contributed by atoms with Crippen molar-refractivity contribution in [3.63, 3.8) is 0 Å². The Kier molecular flexibility index (Phi) is 5.00. The summed E-state index contributed by atoms with van der Waals surface area (Å²) in [6.07, 6.45) is 3.60. The summed E-state index contributed by atoms with van der Waals surface area (Å²) in [5.74, 6) is 0.719. The maximum atomic E-state index is 2.39. The van der Waals surface area contributed by atoms with E-state index in [4.69, 9.17) is 0 Å². The standard InChI is InChI=1S/C20H26/c1-17(14-18-10-6-4-7-11-18)15-20(2,3)16-19-12-8-5-9-13-19/h4-13,17H,14-16H2,1-3H3/t17-/m1/s1. The van der Waals surface area contributed by atoms with Crippen LogP contribution in [0.25, 0.3) is 0 Å². The van der Waals surface area contributed by atoms with E-state index in [9.17, 15) is 0 Å². The maximum Gasteiger partial charge on any atom is -0.0227 e. The molecule has 0 aliphatic heterocycles. The summed E-state index contributed by atoms with van der Waals surface area (Å²) in [5, 5.41) is 0. The number of rotatable bonds is 6. The van der Waals surface area contributed by atoms with Gasteiger partial charge < -0.3 is 0 Å². The Morgan fingerprint density at radius 2 is 1.30 bits per heavy atom. The minimum Gasteiger partial charge on any atom is -0.0622 e. The van der Waals surface area contributed by atoms with Crippen molar-refractivity contribution >= 4 is 0 Å². The molecule has 0 aromatic heterocycles. The predicted octanol–water partition coefficient (Wildman–Crippen LogP) is 5.52. The average Bonchev–Trinajstić information content (AvgIpc) is 2.39. The molecule has 2 aromatic carbocycles. The van der Waals surface area contributed by atoms with Gasteiger partial charge in [-0.2, -0.15) is 0 Å². The molecule has 0 heterocycles. The summed E-state index contributed by atoms with van der Waals surface area (Å²) in [4.78, 5) is 0. The second kappa shape index (κ2) is 6.74. The van der Waals surface area contributed by atoms with Crippen LogP contribution in [0.15, 0.2) is 60.7 Å². The number of benzene rings is 2. The molecule has 0 fully saturated rings. The molecule has 106 valence electrons. The largest absolute Gasteiger partial charge is 0.0622 e. The molecule has 20 heavy (non-hydrogen) atoms. The van der Waals surface area contributed by atoms with Gasteiger partial charge in [-0.1, -0.05) is 81.4 Å². The van der Waals surface area contributed by atoms with Crippen LogP contribution >= 0.6 is 0 Å². The Bertz CT molecular complexity index is 496. The minimum absolute atomic E-state index is 0.357. The van der Waals surface area contributed by atoms with Gasteiger partial charge in [0.25, 0.3) is 0 Å². The second-order valence-electron chi connectivity index (χ2n) is 6.83. The molecule has 2 aromatic rings. The highest BCUT2D eigenvalue weighted by Gasteiger charge is 2.21. The Hall–Kier alpha value is -1.56. The molecule has 0 aliphatic carbocycles. The van der Waals surface area contributed by atoms with Gasteiger partial charge in [0.05, 0.1) is 0 Å². The third-order valence-electron chi connectivity index (χ3n) is 3.85. The van der Waals surface area contributed by atoms with Gasteiger partial charge >= 0.3 is 0 Å². The Morgan fingerprint density at radius 1 is 0.800 bits per heavy atom. The third-order valence-corrected chi connectivity index (χ3v) is 3.85. The van der Waals surface area contributed by atoms with E-state index < -0.39 is 0 Å². The summed E-state index contributed by atoms with van der Waals surface area (Å²) in [6.45, 7) is 7.16. The minimum atomic E-state index is 0.357. The molecule has 0 aliphatic rings. The molecule has 0 N–H and O–H groups in total. The molecule has 0 saturated heterocycles. The van der Waals surface area contributed by atoms with E-state index in [0.717, 1.165) is 12.3 Å². The Morgan fingerprint density at radius 3 is 1.85 bits per heavy atom. The van der Waals surface area contributed by atoms with Crippen molar-refractivity contribution in [1.82, 2.24) is 0 Å². The zero-order valence-electron chi connectivity index (χ0n) is 13.0. The van der Waals surface area contributed by atoms with Crippen molar-refractivity contribution in [2.75, 3.05) is 0 Å². The van der Waals surface area contributed by atoms with Crippen LogP contribution < -0.4 is 0 Å². The van der Waals surface area contributed by atoms with Crippen molar-refractivity contribution in [2.45, 2.75) is 40.0 Å². The molecule has 0 radical (unpaired) electrons. The molecular formula is C20H26. The number of hydrogen-bond acceptors (Lipinski definition) is 0. The van der Waals surface area contributed by atoms with E-state index in [1.807, 2.05) is 0 Å². The summed E-state index contributed by atoms with van der Waals surface area (Å²) in [6, 6.07) is 21.7. The molecule has 0 spiro atoms. The van der Waals surface area contributed by atoms with Crippen LogP contribution in [0.1, 0.15) is 38.3 Å². The lowest BCUT2D eigenvalue weighted by Crippen LogP contribution is -2.19. The van der Waals surface area contributed by atoms with E-state index in [0.29, 0.717) is 5.41 Å². The van der Waals surface area contributed by atoms with Crippen LogP contribution in [-0.4, -0.2) is 0 Å². The summed E-state index contributed by atoms with van der Waals surface area (Å²) < 4.78 is 0. The van der Waals surface area contributed by atoms with Crippen molar-refractivity contribution < 1.29 is 0 Å². The van der Waals surface area contributed by atoms with E-state index in [-0.39, 0.29) is 0 Å². The van der Waals surface area contributed by atoms with Gasteiger partial charge in [-0.3, -0.25) is 0 Å². The maximum absolute atomic E-state index is 2.39. The van der Waals surface area contributed by atoms with Crippen LogP contribution in [0.5, 0.6) is 0 Å². The number of hydrogen-bond donors (Lipinski definition) is 0. The van der Waals surface area contributed by atoms with Crippen LogP contribution in [0, 0.1) is 11.3 Å². The normalized spacial score (nSPS) is 13.2. The topological polar surface area (TPSA) is 0 Å². The SMILES string of the molecule is C[C@H](Cc1ccccc1)CC(C)(C)Cc1ccccc1. The first kappa shape index (κ1) is 14.8. The summed E-state index contributed by atoms with van der Waals surface area (Å²) in [7, 11) is 0. The first-order chi connectivity index (χ1) is 9.55. The van der Waals surface area contributed by atoms with Gasteiger partial charge in [-0.05, 0) is 41.7 Å². The first-order valence-corrected chi connectivity index (χ1v) is 7.63. The van der Waals surface area contributed by atoms with Gasteiger partial charge in [0.1, 0.15) is 0 Å². The zero-order chi connectivity index (χ0) is 14.4. The van der Waals surface area contributed by atoms with Crippen molar-refractivity contribution in [3.05, 3.63) is 71.8 Å². The lowest BCUT2D eigenvalue weighted by Gasteiger charge is -2.28. The van der Waals surface area contributed by atoms with E-state index in [1.165, 1.54) is 24.0 Å². The van der Waals surface area contributed by atoms with Gasteiger partial charge in [0, 0.05) is 0 Å². The Labute approximate surface area is 123 Å². The highest BCUT2D eigenvalue weighted by atomic mass is 14.3. The predicted molar refractivity (Wildman–Crippen MR) is 87.9 cm³/mol. The van der Waals surface area contributed by atoms with Gasteiger partial charge in [0.15, 0.2) is 0 Å². The smallest absolute Gasteiger partial charge is 0.0227 e. The fourth-order valence-corrected chi connectivity index (χ4v) is 3.25. The molecule has 0 heteroatoms. The monoisotopic (exact) mass is 266 g/mol. The van der Waals surface area contributed by atoms with E-state index >= 15 is 0 Å². The van der Waals surface area contributed by atoms with Crippen LogP contribution in [-0.2, 0) is 12.8 Å². The van der Waals surface area contributed by atoms with Crippen LogP contribution in [0.4, 0.5) is 0 Å². The average molecular weight is 266 g/mol. The second-order valence-corrected chi connectivity index (χ2v) is 6.83. The molecule has 0 nitrogen and oxygen atoms in total. The van der Waals surface area contributed by atoms with Crippen LogP contribution in [0.3, 0.4) is 0 Å². The van der Waals surface area contributed by atoms with Gasteiger partial charge in [-0.15, -0.1) is 0 Å². The highest BCUT2D eigenvalue weighted by Crippen LogP contribution is 2.31. The van der Waals surface area contributed by atoms with Gasteiger partial charge in [0.2, 0.25) is 0 Å². The quantitative estimate of drug-likeness (QED) is 0.645. The first-order valence-electron chi connectivity index (χ1n) is 7.63. The summed E-state index contributed by atoms with van der Waals surface area (Å²) >= 11 is 0. The van der Waals surface area contributed by atoms with E-state index in [1.54, 1.807) is 0 Å². The van der Waals surface area contributed by atoms with Crippen molar-refractivity contribution in [3.8, 4) is 0 Å². The molecule has 1 atom stereocenters. The summed E-state index contributed by atoms with van der Waals surface area (Å²) in [5.41, 5.74) is 3.26. The molecule has 0 unspecified atom stereocenters. The van der Waals surface area contributed by atoms with Crippen molar-refractivity contribution in [2.24, 2.45) is 11.3 Å². The Balaban J connectivity index is 1.90. The van der Waals surface area contributed by atoms with Gasteiger partial charge in [-0.25, -0.2) is 0 Å². The molecular weight excluding hydrogens is 240 g/mol. The molecule has 0 amide bonds. The molecule has 2 rings (SSSR count). The zero-order valence-corrected chi connectivity index (χ0v) is 13.0. The highest BCUT2D eigenvalue weighted by molar-refractivity contribution is 5.17. The fourth-order valence-electron chi connectivity index (χ4n) is 3.25. The lowest BCUT2D eigenvalue weighted by molar-refractivity contribution is 0.274.